The third-order valence-corrected chi connectivity index (χ3v) is 16.7. The van der Waals surface area contributed by atoms with Crippen LogP contribution in [0.2, 0.25) is 19.6 Å². The van der Waals surface area contributed by atoms with Gasteiger partial charge in [0.1, 0.15) is 0 Å². The molecule has 0 aromatic rings. The summed E-state index contributed by atoms with van der Waals surface area (Å²) in [7, 11) is 5.59. The number of ether oxygens (including phenoxy) is 4. The van der Waals surface area contributed by atoms with Crippen molar-refractivity contribution in [1.29, 1.82) is 0 Å². The van der Waals surface area contributed by atoms with Gasteiger partial charge in [0, 0.05) is 65.0 Å². The van der Waals surface area contributed by atoms with E-state index >= 15 is 0 Å². The van der Waals surface area contributed by atoms with Gasteiger partial charge in [-0.05, 0) is 144 Å². The van der Waals surface area contributed by atoms with Crippen LogP contribution in [0.5, 0.6) is 0 Å². The maximum Gasteiger partial charge on any atom is 0.241 e. The highest BCUT2D eigenvalue weighted by Crippen LogP contribution is 2.63. The number of carbonyl (C=O) groups excluding carboxylic acids is 1. The first-order valence-corrected chi connectivity index (χ1v) is 23.8. The molecule has 8 rings (SSSR count). The molecular weight excluding hydrogens is 653 g/mol. The van der Waals surface area contributed by atoms with Crippen LogP contribution in [-0.2, 0) is 28.2 Å². The number of fused-ring (bicyclic) bond motifs is 8. The number of ketones is 1. The van der Waals surface area contributed by atoms with E-state index in [1.165, 1.54) is 50.7 Å². The zero-order valence-corrected chi connectivity index (χ0v) is 34.5. The summed E-state index contributed by atoms with van der Waals surface area (Å²) < 4.78 is 29.6. The van der Waals surface area contributed by atoms with E-state index in [0.29, 0.717) is 23.5 Å². The minimum atomic E-state index is -1.55. The van der Waals surface area contributed by atoms with Crippen molar-refractivity contribution < 1.29 is 28.2 Å². The Hall–Kier alpha value is -1.51. The third kappa shape index (κ3) is 6.35. The monoisotopic (exact) mass is 720 g/mol. The lowest BCUT2D eigenvalue weighted by molar-refractivity contribution is -0.213. The summed E-state index contributed by atoms with van der Waals surface area (Å²) in [6.45, 7) is 15.7. The number of Topliss-reactive ketones (excluding diaryl/α,β-unsaturated/α-hetero) is 1. The van der Waals surface area contributed by atoms with Crippen molar-refractivity contribution in [2.24, 2.45) is 46.3 Å². The highest BCUT2D eigenvalue weighted by molar-refractivity contribution is 6.70. The first-order chi connectivity index (χ1) is 24.2. The largest absolute Gasteiger partial charge is 0.547 e. The van der Waals surface area contributed by atoms with Crippen LogP contribution in [0.3, 0.4) is 0 Å². The van der Waals surface area contributed by atoms with Crippen LogP contribution in [0.25, 0.3) is 0 Å². The van der Waals surface area contributed by atoms with Gasteiger partial charge in [-0.2, -0.15) is 0 Å². The van der Waals surface area contributed by atoms with Gasteiger partial charge < -0.3 is 23.4 Å². The van der Waals surface area contributed by atoms with E-state index in [9.17, 15) is 4.79 Å². The second-order valence-corrected chi connectivity index (χ2v) is 23.6. The summed E-state index contributed by atoms with van der Waals surface area (Å²) in [5.41, 5.74) is 7.72. The average molecular weight is 721 g/mol. The Morgan fingerprint density at radius 3 is 1.67 bits per heavy atom. The van der Waals surface area contributed by atoms with E-state index in [1.807, 2.05) is 0 Å². The zero-order valence-electron chi connectivity index (χ0n) is 33.5. The predicted molar refractivity (Wildman–Crippen MR) is 205 cm³/mol. The number of hydrogen-bond donors (Lipinski definition) is 0. The van der Waals surface area contributed by atoms with Crippen LogP contribution in [-0.4, -0.2) is 54.1 Å². The minimum Gasteiger partial charge on any atom is -0.547 e. The number of carbonyl (C=O) groups is 1. The fraction of sp³-hybridized carbons (Fsp3) is 0.795. The lowest BCUT2D eigenvalue weighted by atomic mass is 9.54. The molecule has 0 bridgehead atoms. The Balaban J connectivity index is 0.000000160. The van der Waals surface area contributed by atoms with Crippen LogP contribution in [0.15, 0.2) is 46.3 Å². The third-order valence-electron chi connectivity index (χ3n) is 15.9. The van der Waals surface area contributed by atoms with Crippen molar-refractivity contribution in [2.45, 2.75) is 148 Å². The molecule has 7 heteroatoms. The van der Waals surface area contributed by atoms with Gasteiger partial charge in [0.15, 0.2) is 17.4 Å². The first-order valence-electron chi connectivity index (χ1n) is 20.4. The van der Waals surface area contributed by atoms with E-state index in [2.05, 4.69) is 46.1 Å². The maximum atomic E-state index is 12.6. The fourth-order valence-electron chi connectivity index (χ4n) is 13.0. The quantitative estimate of drug-likeness (QED) is 0.118. The summed E-state index contributed by atoms with van der Waals surface area (Å²) in [5, 5.41) is 0. The molecule has 3 fully saturated rings. The molecule has 6 nitrogen and oxygen atoms in total. The normalized spacial score (nSPS) is 39.4. The molecule has 6 unspecified atom stereocenters. The molecule has 3 saturated carbocycles. The summed E-state index contributed by atoms with van der Waals surface area (Å²) in [5.74, 6) is 5.17. The van der Waals surface area contributed by atoms with Crippen LogP contribution in [0.4, 0.5) is 0 Å². The molecule has 0 amide bonds. The molecule has 8 atom stereocenters. The van der Waals surface area contributed by atoms with E-state index < -0.39 is 14.1 Å². The molecule has 0 radical (unpaired) electrons. The molecular formula is C44H68O6Si. The standard InChI is InChI=1S/C23H38O3Si.C21H30O3/c1-22-13-11-18-17-12-14-23(24-2,25-3)15-16(17)7-8-19(18)20(22)9-10-21(22)26-27(4,5)6;1-13-11-18-17-6-5-14-12-21(23-3,24-4)10-8-15(14)16(17)7-9-20(18,2)19(13)22/h10,18-20H,7-9,11-15H2,1-6H3;16-18H,1,5-12H2,2-4H3/t18?,19?,20?,22-;16?,17?,18?,20-/m00/s1. The van der Waals surface area contributed by atoms with Crippen molar-refractivity contribution in [1.82, 2.24) is 0 Å². The molecule has 0 N–H and O–H groups in total. The Bertz CT molecular complexity index is 1490. The Morgan fingerprint density at radius 1 is 0.686 bits per heavy atom. The van der Waals surface area contributed by atoms with Gasteiger partial charge >= 0.3 is 0 Å². The van der Waals surface area contributed by atoms with Gasteiger partial charge in [-0.3, -0.25) is 4.79 Å². The highest BCUT2D eigenvalue weighted by atomic mass is 28.4. The fourth-order valence-corrected chi connectivity index (χ4v) is 14.0. The smallest absolute Gasteiger partial charge is 0.241 e. The summed E-state index contributed by atoms with van der Waals surface area (Å²) in [6.07, 6.45) is 20.5. The van der Waals surface area contributed by atoms with E-state index in [-0.39, 0.29) is 16.6 Å². The average Bonchev–Trinajstić information content (AvgIpc) is 3.57. The van der Waals surface area contributed by atoms with E-state index in [1.54, 1.807) is 50.7 Å². The van der Waals surface area contributed by atoms with Gasteiger partial charge in [0.25, 0.3) is 0 Å². The summed E-state index contributed by atoms with van der Waals surface area (Å²) >= 11 is 0. The Labute approximate surface area is 310 Å². The summed E-state index contributed by atoms with van der Waals surface area (Å²) in [6, 6.07) is 0. The molecule has 8 aliphatic carbocycles. The number of allylic oxidation sites excluding steroid dienone is 5. The lowest BCUT2D eigenvalue weighted by Gasteiger charge is -2.52. The first kappa shape index (κ1) is 37.8. The topological polar surface area (TPSA) is 63.2 Å². The summed E-state index contributed by atoms with van der Waals surface area (Å²) in [4.78, 5) is 12.6. The molecule has 0 spiro atoms. The van der Waals surface area contributed by atoms with Crippen LogP contribution in [0.1, 0.15) is 117 Å². The second-order valence-electron chi connectivity index (χ2n) is 19.1. The predicted octanol–water partition coefficient (Wildman–Crippen LogP) is 10.5. The van der Waals surface area contributed by atoms with Crippen LogP contribution >= 0.6 is 0 Å². The zero-order chi connectivity index (χ0) is 36.6. The van der Waals surface area contributed by atoms with E-state index in [0.717, 1.165) is 81.1 Å². The van der Waals surface area contributed by atoms with Crippen LogP contribution in [0, 0.1) is 46.3 Å². The SMILES string of the molecule is C=C1CC2C3CCC4=C(CCC(OC)(OC)C4)C3CC[C@]2(C)C1=O.COC1(OC)CCC2=C(CCC3C2CC[C@]2(C)C(O[Si](C)(C)C)=CCC32)C1. The minimum absolute atomic E-state index is 0.131. The lowest BCUT2D eigenvalue weighted by Crippen LogP contribution is -2.46. The highest BCUT2D eigenvalue weighted by Gasteiger charge is 2.57. The number of methoxy groups -OCH3 is 4. The molecule has 0 aromatic heterocycles. The molecule has 51 heavy (non-hydrogen) atoms. The number of hydrogen-bond acceptors (Lipinski definition) is 6. The van der Waals surface area contributed by atoms with Gasteiger partial charge in [0.2, 0.25) is 8.32 Å². The number of rotatable bonds is 6. The van der Waals surface area contributed by atoms with Crippen molar-refractivity contribution in [2.75, 3.05) is 28.4 Å². The second kappa shape index (κ2) is 13.7. The van der Waals surface area contributed by atoms with Crippen molar-refractivity contribution in [3.05, 3.63) is 46.3 Å². The molecule has 0 saturated heterocycles. The van der Waals surface area contributed by atoms with Crippen LogP contribution < -0.4 is 0 Å². The van der Waals surface area contributed by atoms with E-state index in [4.69, 9.17) is 23.4 Å². The van der Waals surface area contributed by atoms with Gasteiger partial charge in [-0.25, -0.2) is 0 Å². The Morgan fingerprint density at radius 2 is 1.18 bits per heavy atom. The van der Waals surface area contributed by atoms with Crippen molar-refractivity contribution in [3.63, 3.8) is 0 Å². The molecule has 284 valence electrons. The molecule has 0 aromatic carbocycles. The Kier molecular flexibility index (Phi) is 10.1. The van der Waals surface area contributed by atoms with Gasteiger partial charge in [-0.1, -0.05) is 42.7 Å². The molecule has 8 aliphatic rings. The maximum absolute atomic E-state index is 12.6. The van der Waals surface area contributed by atoms with Crippen molar-refractivity contribution >= 4 is 14.1 Å². The molecule has 0 heterocycles. The van der Waals surface area contributed by atoms with Gasteiger partial charge in [-0.15, -0.1) is 0 Å². The molecule has 0 aliphatic heterocycles. The van der Waals surface area contributed by atoms with Gasteiger partial charge in [0.05, 0.1) is 5.76 Å². The van der Waals surface area contributed by atoms with Crippen molar-refractivity contribution in [3.8, 4) is 0 Å².